The third-order valence-electron chi connectivity index (χ3n) is 2.57. The Kier molecular flexibility index (Phi) is 1.67. The SMILES string of the molecule is C=C(C)C1(C)CCC(=O)C1. The summed E-state index contributed by atoms with van der Waals surface area (Å²) >= 11 is 0. The van der Waals surface area contributed by atoms with Crippen molar-refractivity contribution in [3.63, 3.8) is 0 Å². The van der Waals surface area contributed by atoms with Crippen molar-refractivity contribution in [2.45, 2.75) is 33.1 Å². The van der Waals surface area contributed by atoms with Crippen LogP contribution in [0.25, 0.3) is 0 Å². The lowest BCUT2D eigenvalue weighted by Gasteiger charge is -2.22. The molecule has 1 fully saturated rings. The lowest BCUT2D eigenvalue weighted by atomic mass is 9.82. The van der Waals surface area contributed by atoms with Gasteiger partial charge in [0.05, 0.1) is 0 Å². The fourth-order valence-electron chi connectivity index (χ4n) is 1.39. The van der Waals surface area contributed by atoms with Crippen LogP contribution in [0.1, 0.15) is 33.1 Å². The summed E-state index contributed by atoms with van der Waals surface area (Å²) < 4.78 is 0. The molecule has 0 saturated heterocycles. The van der Waals surface area contributed by atoms with Gasteiger partial charge in [-0.2, -0.15) is 0 Å². The fourth-order valence-corrected chi connectivity index (χ4v) is 1.39. The molecular formula is C9H14O. The highest BCUT2D eigenvalue weighted by Crippen LogP contribution is 2.40. The van der Waals surface area contributed by atoms with Gasteiger partial charge < -0.3 is 0 Å². The van der Waals surface area contributed by atoms with Gasteiger partial charge in [0, 0.05) is 12.8 Å². The van der Waals surface area contributed by atoms with Crippen molar-refractivity contribution in [2.24, 2.45) is 5.41 Å². The highest BCUT2D eigenvalue weighted by atomic mass is 16.1. The molecular weight excluding hydrogens is 124 g/mol. The summed E-state index contributed by atoms with van der Waals surface area (Å²) in [5.41, 5.74) is 1.27. The average molecular weight is 138 g/mol. The van der Waals surface area contributed by atoms with Crippen LogP contribution in [0.4, 0.5) is 0 Å². The van der Waals surface area contributed by atoms with Gasteiger partial charge in [-0.05, 0) is 18.8 Å². The molecule has 0 N–H and O–H groups in total. The van der Waals surface area contributed by atoms with Gasteiger partial charge in [-0.25, -0.2) is 0 Å². The Morgan fingerprint density at radius 2 is 2.30 bits per heavy atom. The second-order valence-corrected chi connectivity index (χ2v) is 3.56. The minimum Gasteiger partial charge on any atom is -0.300 e. The Morgan fingerprint density at radius 1 is 1.70 bits per heavy atom. The van der Waals surface area contributed by atoms with Crippen molar-refractivity contribution in [1.29, 1.82) is 0 Å². The summed E-state index contributed by atoms with van der Waals surface area (Å²) in [6.45, 7) is 8.03. The second-order valence-electron chi connectivity index (χ2n) is 3.56. The molecule has 1 heteroatoms. The molecule has 0 spiro atoms. The van der Waals surface area contributed by atoms with E-state index in [2.05, 4.69) is 13.5 Å². The largest absolute Gasteiger partial charge is 0.300 e. The van der Waals surface area contributed by atoms with Crippen molar-refractivity contribution in [3.05, 3.63) is 12.2 Å². The molecule has 0 bridgehead atoms. The molecule has 1 atom stereocenters. The minimum atomic E-state index is 0.122. The molecule has 0 amide bonds. The zero-order chi connectivity index (χ0) is 7.78. The minimum absolute atomic E-state index is 0.122. The van der Waals surface area contributed by atoms with Crippen LogP contribution in [0.5, 0.6) is 0 Å². The molecule has 56 valence electrons. The van der Waals surface area contributed by atoms with E-state index < -0.39 is 0 Å². The zero-order valence-corrected chi connectivity index (χ0v) is 6.74. The maximum absolute atomic E-state index is 10.9. The second kappa shape index (κ2) is 2.22. The van der Waals surface area contributed by atoms with E-state index in [9.17, 15) is 4.79 Å². The first kappa shape index (κ1) is 7.52. The maximum atomic E-state index is 10.9. The van der Waals surface area contributed by atoms with Crippen LogP contribution in [0.15, 0.2) is 12.2 Å². The van der Waals surface area contributed by atoms with E-state index in [4.69, 9.17) is 0 Å². The molecule has 0 aromatic heterocycles. The molecule has 1 saturated carbocycles. The van der Waals surface area contributed by atoms with Crippen molar-refractivity contribution in [3.8, 4) is 0 Å². The number of carbonyl (C=O) groups excluding carboxylic acids is 1. The number of ketones is 1. The predicted octanol–water partition coefficient (Wildman–Crippen LogP) is 2.32. The molecule has 1 rings (SSSR count). The number of hydrogen-bond acceptors (Lipinski definition) is 1. The van der Waals surface area contributed by atoms with E-state index in [0.29, 0.717) is 12.2 Å². The Labute approximate surface area is 62.1 Å². The number of Topliss-reactive ketones (excluding diaryl/α,β-unsaturated/α-hetero) is 1. The Hall–Kier alpha value is -0.590. The molecule has 0 radical (unpaired) electrons. The number of allylic oxidation sites excluding steroid dienone is 1. The summed E-state index contributed by atoms with van der Waals surface area (Å²) in [7, 11) is 0. The fraction of sp³-hybridized carbons (Fsp3) is 0.667. The van der Waals surface area contributed by atoms with Gasteiger partial charge >= 0.3 is 0 Å². The molecule has 0 heterocycles. The molecule has 1 unspecified atom stereocenters. The lowest BCUT2D eigenvalue weighted by Crippen LogP contribution is -2.12. The summed E-state index contributed by atoms with van der Waals surface area (Å²) in [5, 5.41) is 0. The summed E-state index contributed by atoms with van der Waals surface area (Å²) in [5.74, 6) is 0.394. The van der Waals surface area contributed by atoms with Gasteiger partial charge in [-0.15, -0.1) is 0 Å². The van der Waals surface area contributed by atoms with Crippen molar-refractivity contribution in [1.82, 2.24) is 0 Å². The van der Waals surface area contributed by atoms with Gasteiger partial charge in [-0.3, -0.25) is 4.79 Å². The molecule has 1 aliphatic rings. The molecule has 1 nitrogen and oxygen atoms in total. The number of rotatable bonds is 1. The standard InChI is InChI=1S/C9H14O/c1-7(2)9(3)5-4-8(10)6-9/h1,4-6H2,2-3H3. The normalized spacial score (nSPS) is 32.8. The topological polar surface area (TPSA) is 17.1 Å². The first-order valence-electron chi connectivity index (χ1n) is 3.72. The van der Waals surface area contributed by atoms with Crippen LogP contribution in [0.2, 0.25) is 0 Å². The van der Waals surface area contributed by atoms with Crippen LogP contribution >= 0.6 is 0 Å². The highest BCUT2D eigenvalue weighted by Gasteiger charge is 2.34. The van der Waals surface area contributed by atoms with Crippen molar-refractivity contribution in [2.75, 3.05) is 0 Å². The van der Waals surface area contributed by atoms with Gasteiger partial charge in [0.15, 0.2) is 0 Å². The average Bonchev–Trinajstić information content (AvgIpc) is 2.13. The predicted molar refractivity (Wildman–Crippen MR) is 41.8 cm³/mol. The molecule has 0 aromatic carbocycles. The van der Waals surface area contributed by atoms with Gasteiger partial charge in [0.25, 0.3) is 0 Å². The van der Waals surface area contributed by atoms with E-state index in [-0.39, 0.29) is 5.41 Å². The zero-order valence-electron chi connectivity index (χ0n) is 6.74. The Morgan fingerprint density at radius 3 is 2.50 bits per heavy atom. The van der Waals surface area contributed by atoms with E-state index in [0.717, 1.165) is 18.4 Å². The van der Waals surface area contributed by atoms with Crippen molar-refractivity contribution >= 4 is 5.78 Å². The van der Waals surface area contributed by atoms with Gasteiger partial charge in [-0.1, -0.05) is 19.1 Å². The van der Waals surface area contributed by atoms with E-state index in [1.807, 2.05) is 6.92 Å². The van der Waals surface area contributed by atoms with Gasteiger partial charge in [0.2, 0.25) is 0 Å². The monoisotopic (exact) mass is 138 g/mol. The van der Waals surface area contributed by atoms with Crippen LogP contribution in [0, 0.1) is 5.41 Å². The maximum Gasteiger partial charge on any atom is 0.133 e. The quantitative estimate of drug-likeness (QED) is 0.508. The van der Waals surface area contributed by atoms with E-state index in [1.54, 1.807) is 0 Å². The first-order chi connectivity index (χ1) is 4.54. The Balaban J connectivity index is 2.72. The lowest BCUT2D eigenvalue weighted by molar-refractivity contribution is -0.117. The first-order valence-corrected chi connectivity index (χ1v) is 3.72. The Bertz CT molecular complexity index is 181. The van der Waals surface area contributed by atoms with Crippen LogP contribution in [0.3, 0.4) is 0 Å². The summed E-state index contributed by atoms with van der Waals surface area (Å²) in [6, 6.07) is 0. The molecule has 1 aliphatic carbocycles. The van der Waals surface area contributed by atoms with E-state index in [1.165, 1.54) is 0 Å². The molecule has 10 heavy (non-hydrogen) atoms. The van der Waals surface area contributed by atoms with Gasteiger partial charge in [0.1, 0.15) is 5.78 Å². The summed E-state index contributed by atoms with van der Waals surface area (Å²) in [4.78, 5) is 10.9. The van der Waals surface area contributed by atoms with Crippen LogP contribution in [-0.2, 0) is 4.79 Å². The van der Waals surface area contributed by atoms with Crippen LogP contribution < -0.4 is 0 Å². The highest BCUT2D eigenvalue weighted by molar-refractivity contribution is 5.82. The third kappa shape index (κ3) is 1.13. The van der Waals surface area contributed by atoms with Crippen molar-refractivity contribution < 1.29 is 4.79 Å². The number of hydrogen-bond donors (Lipinski definition) is 0. The smallest absolute Gasteiger partial charge is 0.133 e. The molecule has 0 aromatic rings. The summed E-state index contributed by atoms with van der Waals surface area (Å²) in [6.07, 6.45) is 2.47. The van der Waals surface area contributed by atoms with E-state index >= 15 is 0 Å². The third-order valence-corrected chi connectivity index (χ3v) is 2.57. The number of carbonyl (C=O) groups is 1. The molecule has 0 aliphatic heterocycles. The van der Waals surface area contributed by atoms with Crippen LogP contribution in [-0.4, -0.2) is 5.78 Å².